The first-order valence-corrected chi connectivity index (χ1v) is 9.60. The van der Waals surface area contributed by atoms with Crippen LogP contribution in [0.2, 0.25) is 0 Å². The SMILES string of the molecule is Cc1ccc(-c2nc3c(ccc4ncccc43)c(=O)n2Cc2ccccc2)cc1. The molecule has 140 valence electrons. The summed E-state index contributed by atoms with van der Waals surface area (Å²) >= 11 is 0. The van der Waals surface area contributed by atoms with E-state index in [9.17, 15) is 4.79 Å². The Morgan fingerprint density at radius 3 is 2.41 bits per heavy atom. The van der Waals surface area contributed by atoms with Gasteiger partial charge < -0.3 is 0 Å². The van der Waals surface area contributed by atoms with Crippen LogP contribution in [-0.2, 0) is 6.54 Å². The van der Waals surface area contributed by atoms with Gasteiger partial charge in [0.15, 0.2) is 0 Å². The predicted octanol–water partition coefficient (Wildman–Crippen LogP) is 4.97. The molecule has 0 fully saturated rings. The Balaban J connectivity index is 1.84. The number of pyridine rings is 1. The van der Waals surface area contributed by atoms with Gasteiger partial charge in [0.1, 0.15) is 5.82 Å². The van der Waals surface area contributed by atoms with Crippen LogP contribution < -0.4 is 5.56 Å². The monoisotopic (exact) mass is 377 g/mol. The summed E-state index contributed by atoms with van der Waals surface area (Å²) in [7, 11) is 0. The highest BCUT2D eigenvalue weighted by atomic mass is 16.1. The third-order valence-corrected chi connectivity index (χ3v) is 5.20. The van der Waals surface area contributed by atoms with Crippen molar-refractivity contribution in [2.75, 3.05) is 0 Å². The minimum atomic E-state index is -0.0415. The van der Waals surface area contributed by atoms with Gasteiger partial charge in [-0.2, -0.15) is 0 Å². The average molecular weight is 377 g/mol. The smallest absolute Gasteiger partial charge is 0.261 e. The molecule has 0 unspecified atom stereocenters. The first-order valence-electron chi connectivity index (χ1n) is 9.60. The molecule has 0 aliphatic heterocycles. The molecule has 0 aliphatic rings. The molecular formula is C25H19N3O. The van der Waals surface area contributed by atoms with Gasteiger partial charge in [0.05, 0.1) is 23.0 Å². The van der Waals surface area contributed by atoms with Gasteiger partial charge in [-0.15, -0.1) is 0 Å². The van der Waals surface area contributed by atoms with Crippen LogP contribution in [0.5, 0.6) is 0 Å². The van der Waals surface area contributed by atoms with Gasteiger partial charge in [0, 0.05) is 17.1 Å². The van der Waals surface area contributed by atoms with E-state index in [4.69, 9.17) is 4.98 Å². The van der Waals surface area contributed by atoms with Gasteiger partial charge in [-0.05, 0) is 36.8 Å². The second kappa shape index (κ2) is 6.99. The van der Waals surface area contributed by atoms with Crippen LogP contribution in [0.15, 0.2) is 89.9 Å². The molecule has 0 radical (unpaired) electrons. The molecule has 0 bridgehead atoms. The summed E-state index contributed by atoms with van der Waals surface area (Å²) < 4.78 is 1.77. The van der Waals surface area contributed by atoms with Crippen molar-refractivity contribution in [1.82, 2.24) is 14.5 Å². The molecule has 0 amide bonds. The number of rotatable bonds is 3. The van der Waals surface area contributed by atoms with Crippen molar-refractivity contribution < 1.29 is 0 Å². The third-order valence-electron chi connectivity index (χ3n) is 5.20. The van der Waals surface area contributed by atoms with E-state index >= 15 is 0 Å². The highest BCUT2D eigenvalue weighted by Gasteiger charge is 2.15. The second-order valence-corrected chi connectivity index (χ2v) is 7.21. The summed E-state index contributed by atoms with van der Waals surface area (Å²) in [4.78, 5) is 22.9. The van der Waals surface area contributed by atoms with Crippen molar-refractivity contribution in [3.8, 4) is 11.4 Å². The maximum atomic E-state index is 13.5. The van der Waals surface area contributed by atoms with E-state index in [1.54, 1.807) is 10.8 Å². The van der Waals surface area contributed by atoms with Crippen molar-refractivity contribution in [2.45, 2.75) is 13.5 Å². The van der Waals surface area contributed by atoms with Crippen LogP contribution in [0.25, 0.3) is 33.2 Å². The minimum Gasteiger partial charge on any atom is -0.288 e. The number of hydrogen-bond acceptors (Lipinski definition) is 3. The van der Waals surface area contributed by atoms with Crippen LogP contribution in [0.1, 0.15) is 11.1 Å². The normalized spacial score (nSPS) is 11.2. The minimum absolute atomic E-state index is 0.0415. The molecule has 3 aromatic carbocycles. The quantitative estimate of drug-likeness (QED) is 0.417. The van der Waals surface area contributed by atoms with E-state index in [0.717, 1.165) is 22.0 Å². The fraction of sp³-hybridized carbons (Fsp3) is 0.0800. The molecule has 4 nitrogen and oxygen atoms in total. The fourth-order valence-electron chi connectivity index (χ4n) is 3.67. The van der Waals surface area contributed by atoms with Gasteiger partial charge in [-0.1, -0.05) is 60.2 Å². The van der Waals surface area contributed by atoms with Crippen LogP contribution in [0, 0.1) is 6.92 Å². The maximum absolute atomic E-state index is 13.5. The molecule has 29 heavy (non-hydrogen) atoms. The second-order valence-electron chi connectivity index (χ2n) is 7.21. The van der Waals surface area contributed by atoms with E-state index in [2.05, 4.69) is 4.98 Å². The molecule has 0 saturated carbocycles. The summed E-state index contributed by atoms with van der Waals surface area (Å²) in [5, 5.41) is 1.50. The standard InChI is InChI=1S/C25H19N3O/c1-17-9-11-19(12-10-17)24-27-23-20-8-5-15-26-22(20)14-13-21(23)25(29)28(24)16-18-6-3-2-4-7-18/h2-15H,16H2,1H3. The lowest BCUT2D eigenvalue weighted by Gasteiger charge is -2.15. The number of aryl methyl sites for hydroxylation is 1. The molecule has 0 atom stereocenters. The highest BCUT2D eigenvalue weighted by Crippen LogP contribution is 2.25. The lowest BCUT2D eigenvalue weighted by molar-refractivity contribution is 0.760. The average Bonchev–Trinajstić information content (AvgIpc) is 2.76. The van der Waals surface area contributed by atoms with E-state index in [0.29, 0.717) is 23.3 Å². The summed E-state index contributed by atoms with van der Waals surface area (Å²) in [5.41, 5.74) is 4.64. The van der Waals surface area contributed by atoms with Crippen molar-refractivity contribution in [3.05, 3.63) is 107 Å². The number of hydrogen-bond donors (Lipinski definition) is 0. The number of fused-ring (bicyclic) bond motifs is 3. The Labute approximate surface area is 168 Å². The van der Waals surface area contributed by atoms with Gasteiger partial charge in [-0.25, -0.2) is 4.98 Å². The molecular weight excluding hydrogens is 358 g/mol. The van der Waals surface area contributed by atoms with Gasteiger partial charge in [-0.3, -0.25) is 14.3 Å². The first-order chi connectivity index (χ1) is 14.2. The summed E-state index contributed by atoms with van der Waals surface area (Å²) in [6.07, 6.45) is 1.76. The Morgan fingerprint density at radius 2 is 1.62 bits per heavy atom. The van der Waals surface area contributed by atoms with Gasteiger partial charge in [0.2, 0.25) is 0 Å². The summed E-state index contributed by atoms with van der Waals surface area (Å²) in [6, 6.07) is 25.7. The van der Waals surface area contributed by atoms with Gasteiger partial charge in [0.25, 0.3) is 5.56 Å². The zero-order chi connectivity index (χ0) is 19.8. The van der Waals surface area contributed by atoms with Crippen LogP contribution >= 0.6 is 0 Å². The Hall–Kier alpha value is -3.79. The van der Waals surface area contributed by atoms with Gasteiger partial charge >= 0.3 is 0 Å². The highest BCUT2D eigenvalue weighted by molar-refractivity contribution is 6.03. The van der Waals surface area contributed by atoms with E-state index in [1.807, 2.05) is 85.8 Å². The van der Waals surface area contributed by atoms with Crippen LogP contribution in [0.4, 0.5) is 0 Å². The van der Waals surface area contributed by atoms with E-state index < -0.39 is 0 Å². The molecule has 4 heteroatoms. The Kier molecular flexibility index (Phi) is 4.17. The van der Waals surface area contributed by atoms with Crippen molar-refractivity contribution in [2.24, 2.45) is 0 Å². The van der Waals surface area contributed by atoms with Crippen LogP contribution in [0.3, 0.4) is 0 Å². The van der Waals surface area contributed by atoms with Crippen molar-refractivity contribution in [3.63, 3.8) is 0 Å². The Morgan fingerprint density at radius 1 is 0.828 bits per heavy atom. The molecule has 2 aromatic heterocycles. The summed E-state index contributed by atoms with van der Waals surface area (Å²) in [6.45, 7) is 2.52. The number of nitrogens with zero attached hydrogens (tertiary/aromatic N) is 3. The molecule has 5 aromatic rings. The number of aromatic nitrogens is 3. The lowest BCUT2D eigenvalue weighted by Crippen LogP contribution is -2.24. The lowest BCUT2D eigenvalue weighted by atomic mass is 10.1. The summed E-state index contributed by atoms with van der Waals surface area (Å²) in [5.74, 6) is 0.669. The molecule has 0 spiro atoms. The predicted molar refractivity (Wildman–Crippen MR) is 117 cm³/mol. The fourth-order valence-corrected chi connectivity index (χ4v) is 3.67. The zero-order valence-corrected chi connectivity index (χ0v) is 16.0. The number of benzene rings is 3. The molecule has 0 saturated heterocycles. The molecule has 0 aliphatic carbocycles. The zero-order valence-electron chi connectivity index (χ0n) is 16.0. The van der Waals surface area contributed by atoms with Crippen LogP contribution in [-0.4, -0.2) is 14.5 Å². The van der Waals surface area contributed by atoms with E-state index in [-0.39, 0.29) is 5.56 Å². The molecule has 5 rings (SSSR count). The molecule has 0 N–H and O–H groups in total. The van der Waals surface area contributed by atoms with E-state index in [1.165, 1.54) is 5.56 Å². The first kappa shape index (κ1) is 17.3. The Bertz CT molecular complexity index is 1390. The van der Waals surface area contributed by atoms with Crippen molar-refractivity contribution in [1.29, 1.82) is 0 Å². The molecule has 2 heterocycles. The topological polar surface area (TPSA) is 47.8 Å². The maximum Gasteiger partial charge on any atom is 0.261 e. The van der Waals surface area contributed by atoms with Crippen molar-refractivity contribution >= 4 is 21.8 Å². The largest absolute Gasteiger partial charge is 0.288 e. The third kappa shape index (κ3) is 3.09.